The minimum Gasteiger partial charge on any atom is -0.508 e. The summed E-state index contributed by atoms with van der Waals surface area (Å²) in [6.07, 6.45) is 1.64. The number of hydrogen-bond donors (Lipinski definition) is 20. The average molecular weight is 1740 g/mol. The van der Waals surface area contributed by atoms with E-state index in [1.807, 2.05) is 0 Å². The lowest BCUT2D eigenvalue weighted by Gasteiger charge is -2.35. The Morgan fingerprint density at radius 1 is 0.472 bits per heavy atom. The van der Waals surface area contributed by atoms with E-state index in [1.54, 1.807) is 32.2 Å². The molecule has 42 nitrogen and oxygen atoms in total. The van der Waals surface area contributed by atoms with Crippen LogP contribution in [0.15, 0.2) is 85.3 Å². The number of aliphatic carboxylic acids is 2. The fourth-order valence-electron chi connectivity index (χ4n) is 14.2. The Morgan fingerprint density at radius 2 is 0.911 bits per heavy atom. The molecule has 43 heteroatoms. The van der Waals surface area contributed by atoms with E-state index in [4.69, 9.17) is 17.2 Å². The number of nitrogens with zero attached hydrogens (tertiary/aromatic N) is 4. The van der Waals surface area contributed by atoms with Gasteiger partial charge >= 0.3 is 11.9 Å². The number of H-pyrrole nitrogens is 1. The molecule has 23 N–H and O–H groups in total. The number of nitrogens with two attached hydrogens (primary N) is 3. The van der Waals surface area contributed by atoms with Crippen molar-refractivity contribution >= 4 is 118 Å². The monoisotopic (exact) mass is 1740 g/mol. The maximum absolute atomic E-state index is 15.0. The largest absolute Gasteiger partial charge is 0.508 e. The van der Waals surface area contributed by atoms with Gasteiger partial charge < -0.3 is 121 Å². The number of thioether (sulfide) groups is 1. The Balaban J connectivity index is 1.03. The van der Waals surface area contributed by atoms with Crippen molar-refractivity contribution in [2.75, 3.05) is 38.2 Å². The van der Waals surface area contributed by atoms with E-state index in [0.717, 1.165) is 4.90 Å². The zero-order chi connectivity index (χ0) is 90.5. The third-order valence-corrected chi connectivity index (χ3v) is 21.3. The van der Waals surface area contributed by atoms with E-state index in [1.165, 1.54) is 109 Å². The Morgan fingerprint density at radius 3 is 1.42 bits per heavy atom. The fraction of sp³-hybridized carbons (Fsp3) is 0.512. The molecular formula is C80H109N19O23S. The lowest BCUT2D eigenvalue weighted by atomic mass is 10.00. The van der Waals surface area contributed by atoms with Gasteiger partial charge in [-0.2, -0.15) is 11.8 Å². The minimum absolute atomic E-state index is 0.00415. The predicted octanol–water partition coefficient (Wildman–Crippen LogP) is -4.40. The first-order chi connectivity index (χ1) is 58.3. The van der Waals surface area contributed by atoms with Gasteiger partial charge in [0.2, 0.25) is 94.5 Å². The summed E-state index contributed by atoms with van der Waals surface area (Å²) in [4.78, 5) is 258. The second kappa shape index (κ2) is 46.7. The van der Waals surface area contributed by atoms with Crippen LogP contribution in [0.25, 0.3) is 0 Å². The van der Waals surface area contributed by atoms with Crippen molar-refractivity contribution in [3.8, 4) is 17.2 Å². The van der Waals surface area contributed by atoms with Gasteiger partial charge in [-0.1, -0.05) is 50.2 Å². The number of rotatable bonds is 46. The second-order valence-electron chi connectivity index (χ2n) is 30.8. The number of carboxylic acid groups (broad SMARTS) is 2. The van der Waals surface area contributed by atoms with Crippen molar-refractivity contribution in [3.63, 3.8) is 0 Å². The Kier molecular flexibility index (Phi) is 36.9. The Hall–Kier alpha value is -13.0. The van der Waals surface area contributed by atoms with Crippen molar-refractivity contribution in [2.24, 2.45) is 23.1 Å². The van der Waals surface area contributed by atoms with E-state index >= 15 is 4.79 Å². The van der Waals surface area contributed by atoms with Crippen molar-refractivity contribution in [1.29, 1.82) is 0 Å². The van der Waals surface area contributed by atoms with E-state index in [9.17, 15) is 107 Å². The van der Waals surface area contributed by atoms with E-state index in [2.05, 4.69) is 68.5 Å². The number of aromatic hydroxyl groups is 3. The van der Waals surface area contributed by atoms with Crippen LogP contribution in [0, 0.1) is 5.92 Å². The number of phenolic OH excluding ortho intramolecular Hbond substituents is 3. The Labute approximate surface area is 711 Å². The van der Waals surface area contributed by atoms with Gasteiger partial charge in [-0.15, -0.1) is 0 Å². The Bertz CT molecular complexity index is 4450. The number of amides is 16. The summed E-state index contributed by atoms with van der Waals surface area (Å²) in [7, 11) is 0. The minimum atomic E-state index is -1.91. The number of benzene rings is 3. The molecule has 668 valence electrons. The molecule has 0 radical (unpaired) electrons. The van der Waals surface area contributed by atoms with Gasteiger partial charge in [0.05, 0.1) is 31.8 Å². The summed E-state index contributed by atoms with van der Waals surface area (Å²) in [5, 5.41) is 76.2. The molecule has 3 fully saturated rings. The molecule has 0 bridgehead atoms. The summed E-state index contributed by atoms with van der Waals surface area (Å²) in [6.45, 7) is 4.96. The van der Waals surface area contributed by atoms with Crippen LogP contribution in [0.2, 0.25) is 0 Å². The molecule has 3 aromatic carbocycles. The topological polar surface area (TPSA) is 657 Å². The summed E-state index contributed by atoms with van der Waals surface area (Å²) in [5.41, 5.74) is 19.2. The van der Waals surface area contributed by atoms with Crippen molar-refractivity contribution in [2.45, 2.75) is 215 Å². The third-order valence-electron chi connectivity index (χ3n) is 20.7. The predicted molar refractivity (Wildman–Crippen MR) is 438 cm³/mol. The SMILES string of the molecule is CSCC[C@H](NC(=O)[C@@H](N)Cc1ccc(O)cc1)C(=O)N[C@@H](CCC(N)=O)C(=O)N[C@@H](Cc1ccc(O)cc1)C(=O)N[C@@H](CC(C)C)C(=O)N[C@@H](CC(N)=O)C(=O)N1CCC[C@H]1C(=O)N1CCC[C@H]1C(=O)N1CCC[C@H]1C(=O)N[C@@H](Cc1ccc(O)cc1)C(=O)N[C@@H](C)C(=O)N[C@@H](CC(=O)O)C(=O)N[C@@H](Cc1cnc[nH]1)C(=O)NCC(=O)N[C@@H](C)C(=O)O. The van der Waals surface area contributed by atoms with Gasteiger partial charge in [-0.3, -0.25) is 86.3 Å². The van der Waals surface area contributed by atoms with Crippen molar-refractivity contribution < 1.29 is 112 Å². The number of aromatic amines is 1. The van der Waals surface area contributed by atoms with Gasteiger partial charge in [0.15, 0.2) is 0 Å². The molecule has 3 saturated heterocycles. The lowest BCUT2D eigenvalue weighted by Crippen LogP contribution is -2.61. The van der Waals surface area contributed by atoms with Crippen LogP contribution in [0.3, 0.4) is 0 Å². The third kappa shape index (κ3) is 30.0. The molecule has 1 aromatic heterocycles. The molecule has 3 aliphatic heterocycles. The average Bonchev–Trinajstić information content (AvgIpc) is 1.65. The van der Waals surface area contributed by atoms with Crippen LogP contribution in [0.4, 0.5) is 0 Å². The number of carbonyl (C=O) groups is 18. The van der Waals surface area contributed by atoms with Crippen molar-refractivity contribution in [1.82, 2.24) is 83.2 Å². The number of carbonyl (C=O) groups excluding carboxylic acids is 16. The molecule has 14 atom stereocenters. The molecule has 0 unspecified atom stereocenters. The highest BCUT2D eigenvalue weighted by molar-refractivity contribution is 7.98. The molecule has 16 amide bonds. The first-order valence-electron chi connectivity index (χ1n) is 40.1. The van der Waals surface area contributed by atoms with Gasteiger partial charge in [0, 0.05) is 57.2 Å². The molecule has 123 heavy (non-hydrogen) atoms. The highest BCUT2D eigenvalue weighted by atomic mass is 32.2. The number of primary amides is 2. The first kappa shape index (κ1) is 97.2. The quantitative estimate of drug-likeness (QED) is 0.0199. The van der Waals surface area contributed by atoms with Gasteiger partial charge in [0.25, 0.3) is 0 Å². The molecule has 4 aromatic rings. The number of aromatic nitrogens is 2. The number of hydrogen-bond acceptors (Lipinski definition) is 24. The molecular weight excluding hydrogens is 1630 g/mol. The highest BCUT2D eigenvalue weighted by Crippen LogP contribution is 2.30. The molecule has 0 saturated carbocycles. The van der Waals surface area contributed by atoms with Gasteiger partial charge in [-0.05, 0) is 149 Å². The number of carboxylic acids is 2. The fourth-order valence-corrected chi connectivity index (χ4v) is 14.7. The zero-order valence-corrected chi connectivity index (χ0v) is 69.4. The number of likely N-dealkylation sites (tertiary alicyclic amines) is 3. The first-order valence-corrected chi connectivity index (χ1v) is 41.5. The molecule has 7 rings (SSSR count). The number of phenols is 3. The summed E-state index contributed by atoms with van der Waals surface area (Å²) < 4.78 is 0. The van der Waals surface area contributed by atoms with E-state index in [-0.39, 0.29) is 126 Å². The van der Waals surface area contributed by atoms with Crippen LogP contribution in [0.5, 0.6) is 17.2 Å². The van der Waals surface area contributed by atoms with Crippen LogP contribution in [-0.2, 0) is 112 Å². The summed E-state index contributed by atoms with van der Waals surface area (Å²) in [6, 6.07) is -3.56. The number of nitrogens with one attached hydrogen (secondary N) is 12. The number of imidazole rings is 1. The molecule has 0 spiro atoms. The maximum Gasteiger partial charge on any atom is 0.325 e. The summed E-state index contributed by atoms with van der Waals surface area (Å²) in [5.74, 6) is -18.1. The van der Waals surface area contributed by atoms with Crippen LogP contribution in [-0.4, -0.2) is 279 Å². The van der Waals surface area contributed by atoms with Crippen LogP contribution < -0.4 is 75.7 Å². The van der Waals surface area contributed by atoms with E-state index < -0.39 is 223 Å². The van der Waals surface area contributed by atoms with Crippen molar-refractivity contribution in [3.05, 3.63) is 108 Å². The summed E-state index contributed by atoms with van der Waals surface area (Å²) >= 11 is 1.35. The van der Waals surface area contributed by atoms with E-state index in [0.29, 0.717) is 22.4 Å². The highest BCUT2D eigenvalue weighted by Gasteiger charge is 2.48. The van der Waals surface area contributed by atoms with Gasteiger partial charge in [-0.25, -0.2) is 4.98 Å². The zero-order valence-electron chi connectivity index (χ0n) is 68.6. The van der Waals surface area contributed by atoms with Gasteiger partial charge in [0.1, 0.15) is 95.8 Å². The second-order valence-corrected chi connectivity index (χ2v) is 31.8. The molecule has 4 heterocycles. The molecule has 0 aliphatic carbocycles. The molecule has 3 aliphatic rings. The van der Waals surface area contributed by atoms with Crippen LogP contribution >= 0.6 is 11.8 Å². The lowest BCUT2D eigenvalue weighted by molar-refractivity contribution is -0.151. The standard InChI is InChI=1S/C80H109N19O23S/c1-41(2)31-54(92-74(115)56(34-46-16-22-50(102)23-17-46)93-70(111)52(24-25-63(82)103)90-71(112)53(26-30-123-5)89-68(109)51(81)32-44-12-18-48(100)19-13-44)73(114)96-59(36-64(83)104)77(118)98-28-7-10-61(98)79(120)99-29-8-11-62(99)78(119)97-27-6-9-60(97)76(117)95-55(33-45-14-20-49(101)21-15-45)72(113)88-42(3)67(108)91-58(37-66(106)107)75(116)94-57(35-47-38-84-40-86-47)69(110)85-39-65(105)87-43(4)80(121)122/h12-23,38,40-43,51-62,100-102H,6-11,24-37,39,81H2,1-5H3,(H2,82,103)(H2,83,104)(H,84,86)(H,85,110)(H,87,105)(H,88,113)(H,89,109)(H,90,112)(H,91,108)(H,92,115)(H,93,111)(H,94,116)(H,95,117)(H,96,114)(H,106,107)(H,121,122)/t42-,43-,51-,52-,53-,54-,55-,56-,57-,58-,59-,60-,61-,62-/m0/s1. The normalized spacial score (nSPS) is 17.6. The maximum atomic E-state index is 15.0. The van der Waals surface area contributed by atoms with Crippen LogP contribution in [0.1, 0.15) is 127 Å². The smallest absolute Gasteiger partial charge is 0.325 e.